The van der Waals surface area contributed by atoms with Crippen LogP contribution in [-0.2, 0) is 0 Å². The molecule has 0 radical (unpaired) electrons. The Hall–Kier alpha value is -4.77. The van der Waals surface area contributed by atoms with Gasteiger partial charge in [0, 0.05) is 45.4 Å². The molecule has 0 N–H and O–H groups in total. The van der Waals surface area contributed by atoms with Gasteiger partial charge >= 0.3 is 0 Å². The van der Waals surface area contributed by atoms with Crippen LogP contribution in [0.5, 0.6) is 0 Å². The van der Waals surface area contributed by atoms with Crippen LogP contribution >= 0.6 is 0 Å². The predicted molar refractivity (Wildman–Crippen MR) is 133 cm³/mol. The van der Waals surface area contributed by atoms with E-state index in [-0.39, 0.29) is 5.78 Å². The van der Waals surface area contributed by atoms with E-state index < -0.39 is 0 Å². The van der Waals surface area contributed by atoms with Gasteiger partial charge in [0.05, 0.1) is 11.4 Å². The van der Waals surface area contributed by atoms with Crippen molar-refractivity contribution in [3.8, 4) is 22.5 Å². The van der Waals surface area contributed by atoms with Gasteiger partial charge in [-0.1, -0.05) is 60.7 Å². The van der Waals surface area contributed by atoms with Crippen molar-refractivity contribution < 1.29 is 4.79 Å². The standard InChI is InChI=1S/C29H18N4O/c34-27(23-17-25(19-9-3-1-4-10-19)32-28-21(23)13-7-15-30-28)24-18-26(20-11-5-2-6-12-20)33-29-22(24)14-8-16-31-29/h1-18H. The van der Waals surface area contributed by atoms with Crippen molar-refractivity contribution in [2.45, 2.75) is 0 Å². The summed E-state index contributed by atoms with van der Waals surface area (Å²) in [5, 5.41) is 1.42. The zero-order chi connectivity index (χ0) is 22.9. The number of rotatable bonds is 4. The van der Waals surface area contributed by atoms with E-state index in [1.807, 2.05) is 97.1 Å². The molecule has 0 unspecified atom stereocenters. The maximum Gasteiger partial charge on any atom is 0.194 e. The fraction of sp³-hybridized carbons (Fsp3) is 0. The molecule has 160 valence electrons. The molecule has 0 spiro atoms. The molecule has 5 heteroatoms. The number of benzene rings is 2. The number of carbonyl (C=O) groups is 1. The van der Waals surface area contributed by atoms with Crippen LogP contribution in [0.15, 0.2) is 109 Å². The number of aromatic nitrogens is 4. The van der Waals surface area contributed by atoms with E-state index in [2.05, 4.69) is 9.97 Å². The van der Waals surface area contributed by atoms with Gasteiger partial charge in [0.2, 0.25) is 0 Å². The van der Waals surface area contributed by atoms with Crippen molar-refractivity contribution in [2.75, 3.05) is 0 Å². The summed E-state index contributed by atoms with van der Waals surface area (Å²) in [6.45, 7) is 0. The zero-order valence-corrected chi connectivity index (χ0v) is 18.1. The lowest BCUT2D eigenvalue weighted by molar-refractivity contribution is 0.104. The third kappa shape index (κ3) is 3.49. The molecule has 0 bridgehead atoms. The summed E-state index contributed by atoms with van der Waals surface area (Å²) in [5.41, 5.74) is 5.43. The lowest BCUT2D eigenvalue weighted by Gasteiger charge is -2.12. The second-order valence-electron chi connectivity index (χ2n) is 7.92. The topological polar surface area (TPSA) is 68.6 Å². The maximum absolute atomic E-state index is 14.1. The Morgan fingerprint density at radius 2 is 0.971 bits per heavy atom. The molecule has 6 aromatic rings. The number of fused-ring (bicyclic) bond motifs is 2. The van der Waals surface area contributed by atoms with Gasteiger partial charge in [-0.2, -0.15) is 0 Å². The Kier molecular flexibility index (Phi) is 4.85. The Morgan fingerprint density at radius 3 is 1.41 bits per heavy atom. The highest BCUT2D eigenvalue weighted by molar-refractivity contribution is 6.21. The van der Waals surface area contributed by atoms with Gasteiger partial charge in [0.25, 0.3) is 0 Å². The van der Waals surface area contributed by atoms with E-state index in [0.29, 0.717) is 44.6 Å². The molecule has 0 aliphatic heterocycles. The number of pyridine rings is 4. The number of nitrogens with zero attached hydrogens (tertiary/aromatic N) is 4. The Morgan fingerprint density at radius 1 is 0.529 bits per heavy atom. The van der Waals surface area contributed by atoms with E-state index in [1.165, 1.54) is 0 Å². The summed E-state index contributed by atoms with van der Waals surface area (Å²) < 4.78 is 0. The molecule has 4 heterocycles. The molecule has 0 fully saturated rings. The number of hydrogen-bond acceptors (Lipinski definition) is 5. The Bertz CT molecular complexity index is 1540. The molecule has 4 aromatic heterocycles. The monoisotopic (exact) mass is 438 g/mol. The van der Waals surface area contributed by atoms with E-state index in [4.69, 9.17) is 9.97 Å². The van der Waals surface area contributed by atoms with Crippen LogP contribution in [-0.4, -0.2) is 25.7 Å². The first kappa shape index (κ1) is 19.9. The minimum absolute atomic E-state index is 0.116. The summed E-state index contributed by atoms with van der Waals surface area (Å²) in [5.74, 6) is -0.116. The molecule has 0 aliphatic carbocycles. The van der Waals surface area contributed by atoms with Crippen LogP contribution in [0.2, 0.25) is 0 Å². The van der Waals surface area contributed by atoms with E-state index >= 15 is 0 Å². The molecular formula is C29H18N4O. The normalized spacial score (nSPS) is 11.1. The van der Waals surface area contributed by atoms with Crippen LogP contribution in [0, 0.1) is 0 Å². The molecule has 5 nitrogen and oxygen atoms in total. The van der Waals surface area contributed by atoms with Gasteiger partial charge in [-0.15, -0.1) is 0 Å². The third-order valence-corrected chi connectivity index (χ3v) is 5.80. The molecule has 2 aromatic carbocycles. The summed E-state index contributed by atoms with van der Waals surface area (Å²) in [6.07, 6.45) is 3.38. The average molecular weight is 438 g/mol. The molecule has 0 atom stereocenters. The van der Waals surface area contributed by atoms with Crippen molar-refractivity contribution in [3.63, 3.8) is 0 Å². The second-order valence-corrected chi connectivity index (χ2v) is 7.92. The van der Waals surface area contributed by atoms with Crippen molar-refractivity contribution in [1.29, 1.82) is 0 Å². The van der Waals surface area contributed by atoms with Gasteiger partial charge in [0.15, 0.2) is 17.1 Å². The SMILES string of the molecule is O=C(c1cc(-c2ccccc2)nc2ncccc12)c1cc(-c2ccccc2)nc2ncccc12. The molecule has 0 saturated carbocycles. The lowest BCUT2D eigenvalue weighted by atomic mass is 9.95. The highest BCUT2D eigenvalue weighted by Crippen LogP contribution is 2.29. The van der Waals surface area contributed by atoms with Crippen LogP contribution < -0.4 is 0 Å². The second kappa shape index (κ2) is 8.30. The molecule has 6 rings (SSSR count). The Labute approximate surface area is 195 Å². The highest BCUT2D eigenvalue weighted by atomic mass is 16.1. The predicted octanol–water partition coefficient (Wildman–Crippen LogP) is 6.14. The molecule has 0 amide bonds. The van der Waals surface area contributed by atoms with Gasteiger partial charge in [-0.05, 0) is 36.4 Å². The summed E-state index contributed by atoms with van der Waals surface area (Å²) >= 11 is 0. The van der Waals surface area contributed by atoms with Gasteiger partial charge < -0.3 is 0 Å². The van der Waals surface area contributed by atoms with Crippen LogP contribution in [0.4, 0.5) is 0 Å². The molecule has 34 heavy (non-hydrogen) atoms. The molecule has 0 aliphatic rings. The zero-order valence-electron chi connectivity index (χ0n) is 18.1. The first-order chi connectivity index (χ1) is 16.8. The average Bonchev–Trinajstić information content (AvgIpc) is 2.92. The first-order valence-corrected chi connectivity index (χ1v) is 10.9. The number of ketones is 1. The van der Waals surface area contributed by atoms with Crippen LogP contribution in [0.25, 0.3) is 44.6 Å². The first-order valence-electron chi connectivity index (χ1n) is 10.9. The highest BCUT2D eigenvalue weighted by Gasteiger charge is 2.20. The number of carbonyl (C=O) groups excluding carboxylic acids is 1. The third-order valence-electron chi connectivity index (χ3n) is 5.80. The lowest BCUT2D eigenvalue weighted by Crippen LogP contribution is -2.07. The van der Waals surface area contributed by atoms with Crippen molar-refractivity contribution in [1.82, 2.24) is 19.9 Å². The quantitative estimate of drug-likeness (QED) is 0.309. The summed E-state index contributed by atoms with van der Waals surface area (Å²) in [4.78, 5) is 32.5. The largest absolute Gasteiger partial charge is 0.289 e. The maximum atomic E-state index is 14.1. The van der Waals surface area contributed by atoms with E-state index in [9.17, 15) is 4.79 Å². The fourth-order valence-corrected chi connectivity index (χ4v) is 4.15. The smallest absolute Gasteiger partial charge is 0.194 e. The van der Waals surface area contributed by atoms with Gasteiger partial charge in [-0.3, -0.25) is 4.79 Å². The summed E-state index contributed by atoms with van der Waals surface area (Å²) in [7, 11) is 0. The molecular weight excluding hydrogens is 420 g/mol. The Balaban J connectivity index is 1.60. The fourth-order valence-electron chi connectivity index (χ4n) is 4.15. The van der Waals surface area contributed by atoms with Gasteiger partial charge in [-0.25, -0.2) is 19.9 Å². The molecule has 0 saturated heterocycles. The van der Waals surface area contributed by atoms with E-state index in [0.717, 1.165) is 11.1 Å². The van der Waals surface area contributed by atoms with Crippen LogP contribution in [0.1, 0.15) is 15.9 Å². The van der Waals surface area contributed by atoms with Crippen molar-refractivity contribution in [3.05, 3.63) is 121 Å². The van der Waals surface area contributed by atoms with Crippen LogP contribution in [0.3, 0.4) is 0 Å². The summed E-state index contributed by atoms with van der Waals surface area (Å²) in [6, 6.07) is 30.8. The van der Waals surface area contributed by atoms with Gasteiger partial charge in [0.1, 0.15) is 0 Å². The number of hydrogen-bond donors (Lipinski definition) is 0. The van der Waals surface area contributed by atoms with E-state index in [1.54, 1.807) is 12.4 Å². The minimum atomic E-state index is -0.116. The minimum Gasteiger partial charge on any atom is -0.289 e. The van der Waals surface area contributed by atoms with Crippen molar-refractivity contribution in [2.24, 2.45) is 0 Å². The van der Waals surface area contributed by atoms with Crippen molar-refractivity contribution >= 4 is 27.9 Å².